The third-order valence-corrected chi connectivity index (χ3v) is 10.2. The van der Waals surface area contributed by atoms with Crippen molar-refractivity contribution >= 4 is 45.6 Å². The van der Waals surface area contributed by atoms with Crippen LogP contribution in [0, 0.1) is 11.8 Å². The quantitative estimate of drug-likeness (QED) is 0.137. The van der Waals surface area contributed by atoms with Gasteiger partial charge in [0.05, 0.1) is 6.04 Å². The van der Waals surface area contributed by atoms with Crippen molar-refractivity contribution in [2.45, 2.75) is 94.3 Å². The molecule has 0 aromatic heterocycles. The summed E-state index contributed by atoms with van der Waals surface area (Å²) in [5.41, 5.74) is -2.82. The molecule has 4 rings (SSSR count). The zero-order valence-electron chi connectivity index (χ0n) is 27.5. The first-order chi connectivity index (χ1) is 23.7. The average Bonchev–Trinajstić information content (AvgIpc) is 3.49. The predicted molar refractivity (Wildman–Crippen MR) is 179 cm³/mol. The van der Waals surface area contributed by atoms with Gasteiger partial charge in [-0.1, -0.05) is 93.1 Å². The first-order valence-corrected chi connectivity index (χ1v) is 18.5. The second-order valence-corrected chi connectivity index (χ2v) is 14.6. The van der Waals surface area contributed by atoms with E-state index in [9.17, 15) is 32.1 Å². The summed E-state index contributed by atoms with van der Waals surface area (Å²) in [6, 6.07) is 9.24. The number of rotatable bonds is 15. The fraction of sp³-hybridized carbons (Fsp3) is 0.529. The van der Waals surface area contributed by atoms with Crippen LogP contribution in [0.2, 0.25) is 5.02 Å². The highest BCUT2D eigenvalue weighted by Gasteiger charge is 2.46. The molecule has 1 saturated carbocycles. The van der Waals surface area contributed by atoms with Crippen molar-refractivity contribution in [2.24, 2.45) is 11.8 Å². The van der Waals surface area contributed by atoms with Crippen molar-refractivity contribution in [1.29, 1.82) is 0 Å². The Morgan fingerprint density at radius 1 is 1.00 bits per heavy atom. The molecule has 0 radical (unpaired) electrons. The lowest BCUT2D eigenvalue weighted by Gasteiger charge is -2.32. The van der Waals surface area contributed by atoms with Gasteiger partial charge in [-0.15, -0.1) is 0 Å². The summed E-state index contributed by atoms with van der Waals surface area (Å²) in [6.07, 6.45) is 0.375. The number of alkyl carbamates (subject to hydrolysis) is 1. The summed E-state index contributed by atoms with van der Waals surface area (Å²) in [4.78, 5) is 52.1. The maximum absolute atomic E-state index is 16.0. The molecule has 50 heavy (non-hydrogen) atoms. The van der Waals surface area contributed by atoms with Crippen LogP contribution in [0.15, 0.2) is 54.6 Å². The molecule has 1 heterocycles. The van der Waals surface area contributed by atoms with Crippen molar-refractivity contribution in [3.8, 4) is 0 Å². The summed E-state index contributed by atoms with van der Waals surface area (Å²) in [5, 5.41) is 7.53. The van der Waals surface area contributed by atoms with Crippen molar-refractivity contribution < 1.29 is 50.4 Å². The van der Waals surface area contributed by atoms with E-state index in [1.807, 2.05) is 0 Å². The normalized spacial score (nSPS) is 19.4. The van der Waals surface area contributed by atoms with E-state index in [-0.39, 0.29) is 48.7 Å². The van der Waals surface area contributed by atoms with Gasteiger partial charge in [0.2, 0.25) is 17.3 Å². The van der Waals surface area contributed by atoms with Crippen LogP contribution < -0.4 is 16.0 Å². The second kappa shape index (κ2) is 17.4. The van der Waals surface area contributed by atoms with Gasteiger partial charge in [0.15, 0.2) is 6.10 Å². The molecule has 2 aliphatic rings. The average molecular weight is 742 g/mol. The molecule has 1 aliphatic carbocycles. The zero-order valence-corrected chi connectivity index (χ0v) is 29.1. The Labute approximate surface area is 294 Å². The van der Waals surface area contributed by atoms with Crippen LogP contribution in [-0.4, -0.2) is 60.9 Å². The Morgan fingerprint density at radius 3 is 2.30 bits per heavy atom. The Bertz CT molecular complexity index is 1610. The van der Waals surface area contributed by atoms with Crippen molar-refractivity contribution in [2.75, 3.05) is 6.54 Å². The molecule has 2 fully saturated rings. The van der Waals surface area contributed by atoms with Crippen molar-refractivity contribution in [3.63, 3.8) is 0 Å². The molecule has 3 amide bonds. The van der Waals surface area contributed by atoms with Gasteiger partial charge < -0.3 is 25.4 Å². The number of nitrogens with one attached hydrogen (secondary N) is 3. The number of alkyl halides is 2. The van der Waals surface area contributed by atoms with E-state index in [0.717, 1.165) is 31.4 Å². The summed E-state index contributed by atoms with van der Waals surface area (Å²) < 4.78 is 77.5. The minimum absolute atomic E-state index is 0.0375. The molecule has 2 aromatic carbocycles. The summed E-state index contributed by atoms with van der Waals surface area (Å²) >= 11 is 5.99. The van der Waals surface area contributed by atoms with E-state index < -0.39 is 75.0 Å². The van der Waals surface area contributed by atoms with Crippen LogP contribution in [0.4, 0.5) is 13.6 Å². The van der Waals surface area contributed by atoms with Gasteiger partial charge in [-0.25, -0.2) is 4.79 Å². The third-order valence-electron chi connectivity index (χ3n) is 8.96. The highest BCUT2D eigenvalue weighted by atomic mass is 35.5. The molecule has 1 unspecified atom stereocenters. The Hall–Kier alpha value is -3.82. The Balaban J connectivity index is 1.63. The maximum atomic E-state index is 16.0. The fourth-order valence-electron chi connectivity index (χ4n) is 6.36. The minimum Gasteiger partial charge on any atom is -0.441 e. The lowest BCUT2D eigenvalue weighted by atomic mass is 9.84. The summed E-state index contributed by atoms with van der Waals surface area (Å²) in [6.45, 7) is 1.69. The molecule has 12 nitrogen and oxygen atoms in total. The van der Waals surface area contributed by atoms with Gasteiger partial charge in [-0.2, -0.15) is 17.2 Å². The molecule has 2 aromatic rings. The van der Waals surface area contributed by atoms with Crippen LogP contribution in [0.3, 0.4) is 0 Å². The van der Waals surface area contributed by atoms with Gasteiger partial charge in [0, 0.05) is 29.5 Å². The van der Waals surface area contributed by atoms with Crippen LogP contribution in [0.5, 0.6) is 0 Å². The number of ether oxygens (including phenoxy) is 2. The second-order valence-electron chi connectivity index (χ2n) is 12.6. The molecule has 5 atom stereocenters. The lowest BCUT2D eigenvalue weighted by Crippen LogP contribution is -2.56. The maximum Gasteiger partial charge on any atom is 0.408 e. The van der Waals surface area contributed by atoms with Crippen molar-refractivity contribution in [3.05, 3.63) is 70.7 Å². The number of amides is 3. The van der Waals surface area contributed by atoms with Crippen LogP contribution >= 0.6 is 11.6 Å². The summed E-state index contributed by atoms with van der Waals surface area (Å²) in [7, 11) is -5.14. The molecule has 4 N–H and O–H groups in total. The topological polar surface area (TPSA) is 177 Å². The van der Waals surface area contributed by atoms with E-state index in [2.05, 4.69) is 16.0 Å². The number of hydrogen-bond donors (Lipinski definition) is 4. The first kappa shape index (κ1) is 39.0. The number of esters is 1. The highest BCUT2D eigenvalue weighted by molar-refractivity contribution is 7.86. The molecular weight excluding hydrogens is 700 g/mol. The number of carbonyl (C=O) groups excluding carboxylic acids is 4. The van der Waals surface area contributed by atoms with Gasteiger partial charge in [-0.3, -0.25) is 18.9 Å². The SMILES string of the molecule is CCC(=O)OC([C@H](C[C@@H]1CCNC1=O)NC(=O)[C@H](CC1CCCCC1)NC(=O)O[C@H](c1ccccc1)C(F)(F)c1cccc(Cl)c1)S(=O)(=O)O. The fourth-order valence-corrected chi connectivity index (χ4v) is 7.37. The van der Waals surface area contributed by atoms with E-state index in [0.29, 0.717) is 12.8 Å². The van der Waals surface area contributed by atoms with Crippen molar-refractivity contribution in [1.82, 2.24) is 16.0 Å². The number of benzene rings is 2. The number of halogens is 3. The Kier molecular flexibility index (Phi) is 13.6. The predicted octanol–water partition coefficient (Wildman–Crippen LogP) is 5.42. The minimum atomic E-state index is -5.14. The molecule has 1 aliphatic heterocycles. The Morgan fingerprint density at radius 2 is 1.70 bits per heavy atom. The first-order valence-electron chi connectivity index (χ1n) is 16.6. The summed E-state index contributed by atoms with van der Waals surface area (Å²) in [5.74, 6) is -6.99. The zero-order chi connectivity index (χ0) is 36.5. The van der Waals surface area contributed by atoms with Crippen LogP contribution in [0.1, 0.15) is 81.9 Å². The third kappa shape index (κ3) is 10.6. The molecular formula is C34H42ClF2N3O9S. The molecule has 0 bridgehead atoms. The largest absolute Gasteiger partial charge is 0.441 e. The number of hydrogen-bond acceptors (Lipinski definition) is 8. The van der Waals surface area contributed by atoms with E-state index in [4.69, 9.17) is 21.1 Å². The standard InChI is InChI=1S/C34H42ClF2N3O9S/c1-2-28(41)48-32(50(45,46)47)27(19-23-16-17-38-30(23)42)39-31(43)26(18-21-10-5-3-6-11-21)40-33(44)49-29(22-12-7-4-8-13-22)34(36,37)24-14-9-15-25(35)20-24/h4,7-9,12-15,20-21,23,26-27,29,32H,2-3,5-6,10-11,16-19H2,1H3,(H,38,42)(H,39,43)(H,40,44)(H,45,46,47)/t23-,26-,27-,29+,32?/m0/s1. The van der Waals surface area contributed by atoms with Gasteiger partial charge in [0.1, 0.15) is 6.04 Å². The lowest BCUT2D eigenvalue weighted by molar-refractivity contribution is -0.147. The van der Waals surface area contributed by atoms with E-state index >= 15 is 8.78 Å². The monoisotopic (exact) mass is 741 g/mol. The van der Waals surface area contributed by atoms with Gasteiger partial charge in [0.25, 0.3) is 0 Å². The van der Waals surface area contributed by atoms with Crippen LogP contribution in [-0.2, 0) is 39.9 Å². The molecule has 274 valence electrons. The van der Waals surface area contributed by atoms with Gasteiger partial charge in [-0.05, 0) is 42.9 Å². The molecule has 0 spiro atoms. The van der Waals surface area contributed by atoms with E-state index in [1.165, 1.54) is 43.3 Å². The smallest absolute Gasteiger partial charge is 0.408 e. The highest BCUT2D eigenvalue weighted by Crippen LogP contribution is 2.43. The molecule has 16 heteroatoms. The van der Waals surface area contributed by atoms with E-state index in [1.54, 1.807) is 6.07 Å². The number of carbonyl (C=O) groups is 4. The van der Waals surface area contributed by atoms with Crippen LogP contribution in [0.25, 0.3) is 0 Å². The molecule has 1 saturated heterocycles. The van der Waals surface area contributed by atoms with Gasteiger partial charge >= 0.3 is 28.1 Å².